The average molecular weight is 247 g/mol. The molecule has 1 aromatic carbocycles. The first-order valence-electron chi connectivity index (χ1n) is 6.74. The van der Waals surface area contributed by atoms with E-state index in [1.165, 1.54) is 31.4 Å². The highest BCUT2D eigenvalue weighted by atomic mass is 19.1. The molecule has 0 aliphatic heterocycles. The van der Waals surface area contributed by atoms with Crippen molar-refractivity contribution >= 4 is 5.91 Å². The number of nitrogens with one attached hydrogen (secondary N) is 1. The maximum absolute atomic E-state index is 12.8. The molecule has 2 bridgehead atoms. The summed E-state index contributed by atoms with van der Waals surface area (Å²) in [6.45, 7) is 0. The average Bonchev–Trinajstić information content (AvgIpc) is 2.94. The zero-order valence-corrected chi connectivity index (χ0v) is 10.4. The van der Waals surface area contributed by atoms with Crippen molar-refractivity contribution in [2.75, 3.05) is 0 Å². The highest BCUT2D eigenvalue weighted by Crippen LogP contribution is 2.44. The second-order valence-corrected chi connectivity index (χ2v) is 5.65. The fraction of sp³-hybridized carbons (Fsp3) is 0.533. The van der Waals surface area contributed by atoms with Crippen molar-refractivity contribution in [1.82, 2.24) is 5.32 Å². The molecule has 2 aliphatic carbocycles. The largest absolute Gasteiger partial charge is 0.353 e. The van der Waals surface area contributed by atoms with Crippen LogP contribution >= 0.6 is 0 Å². The van der Waals surface area contributed by atoms with Crippen LogP contribution in [0.4, 0.5) is 4.39 Å². The van der Waals surface area contributed by atoms with Crippen LogP contribution in [0.25, 0.3) is 0 Å². The molecule has 18 heavy (non-hydrogen) atoms. The van der Waals surface area contributed by atoms with Crippen LogP contribution in [-0.4, -0.2) is 11.9 Å². The van der Waals surface area contributed by atoms with E-state index in [0.717, 1.165) is 17.9 Å². The van der Waals surface area contributed by atoms with Gasteiger partial charge in [0.15, 0.2) is 0 Å². The van der Waals surface area contributed by atoms with Gasteiger partial charge in [-0.15, -0.1) is 0 Å². The van der Waals surface area contributed by atoms with Gasteiger partial charge in [-0.2, -0.15) is 0 Å². The Kier molecular flexibility index (Phi) is 3.06. The van der Waals surface area contributed by atoms with Crippen LogP contribution in [0.3, 0.4) is 0 Å². The van der Waals surface area contributed by atoms with Crippen LogP contribution in [0.15, 0.2) is 24.3 Å². The fourth-order valence-corrected chi connectivity index (χ4v) is 3.47. The predicted molar refractivity (Wildman–Crippen MR) is 67.5 cm³/mol. The van der Waals surface area contributed by atoms with Gasteiger partial charge in [-0.3, -0.25) is 4.79 Å². The number of benzene rings is 1. The number of amides is 1. The molecule has 96 valence electrons. The highest BCUT2D eigenvalue weighted by molar-refractivity contribution is 5.78. The number of carbonyl (C=O) groups excluding carboxylic acids is 1. The van der Waals surface area contributed by atoms with Gasteiger partial charge in [0.1, 0.15) is 5.82 Å². The summed E-state index contributed by atoms with van der Waals surface area (Å²) < 4.78 is 12.8. The highest BCUT2D eigenvalue weighted by Gasteiger charge is 2.39. The molecule has 3 atom stereocenters. The van der Waals surface area contributed by atoms with Gasteiger partial charge in [-0.1, -0.05) is 18.6 Å². The van der Waals surface area contributed by atoms with Crippen molar-refractivity contribution in [3.63, 3.8) is 0 Å². The number of carbonyl (C=O) groups is 1. The van der Waals surface area contributed by atoms with Crippen LogP contribution in [0.1, 0.15) is 31.2 Å². The van der Waals surface area contributed by atoms with Crippen LogP contribution in [0, 0.1) is 17.7 Å². The fourth-order valence-electron chi connectivity index (χ4n) is 3.47. The van der Waals surface area contributed by atoms with Gasteiger partial charge in [0.2, 0.25) is 5.91 Å². The third kappa shape index (κ3) is 2.40. The molecule has 2 nitrogen and oxygen atoms in total. The Morgan fingerprint density at radius 2 is 2.00 bits per heavy atom. The summed E-state index contributed by atoms with van der Waals surface area (Å²) in [4.78, 5) is 11.9. The van der Waals surface area contributed by atoms with Gasteiger partial charge in [0.25, 0.3) is 0 Å². The second-order valence-electron chi connectivity index (χ2n) is 5.65. The molecule has 0 radical (unpaired) electrons. The Labute approximate surface area is 107 Å². The molecule has 0 unspecified atom stereocenters. The van der Waals surface area contributed by atoms with Crippen LogP contribution in [0.2, 0.25) is 0 Å². The van der Waals surface area contributed by atoms with Crippen molar-refractivity contribution in [3.8, 4) is 0 Å². The first-order valence-corrected chi connectivity index (χ1v) is 6.74. The minimum absolute atomic E-state index is 0.0687. The SMILES string of the molecule is O=C(Cc1ccc(F)cc1)N[C@@H]1C[C@@H]2CC[C@@H]1C2. The van der Waals surface area contributed by atoms with Crippen LogP contribution < -0.4 is 5.32 Å². The third-order valence-electron chi connectivity index (χ3n) is 4.36. The molecule has 0 spiro atoms. The van der Waals surface area contributed by atoms with Gasteiger partial charge >= 0.3 is 0 Å². The Morgan fingerprint density at radius 1 is 1.22 bits per heavy atom. The maximum atomic E-state index is 12.8. The van der Waals surface area contributed by atoms with E-state index in [-0.39, 0.29) is 11.7 Å². The lowest BCUT2D eigenvalue weighted by molar-refractivity contribution is -0.121. The predicted octanol–water partition coefficient (Wildman–Crippen LogP) is 2.67. The molecule has 0 aromatic heterocycles. The quantitative estimate of drug-likeness (QED) is 0.874. The summed E-state index contributed by atoms with van der Waals surface area (Å²) in [6, 6.07) is 6.54. The smallest absolute Gasteiger partial charge is 0.224 e. The van der Waals surface area contributed by atoms with Crippen LogP contribution in [-0.2, 0) is 11.2 Å². The molecule has 2 fully saturated rings. The van der Waals surface area contributed by atoms with Crippen molar-refractivity contribution in [1.29, 1.82) is 0 Å². The van der Waals surface area contributed by atoms with Crippen molar-refractivity contribution in [2.45, 2.75) is 38.1 Å². The molecule has 1 N–H and O–H groups in total. The zero-order valence-electron chi connectivity index (χ0n) is 10.4. The van der Waals surface area contributed by atoms with E-state index < -0.39 is 0 Å². The first kappa shape index (κ1) is 11.7. The molecular formula is C15H18FNO. The topological polar surface area (TPSA) is 29.1 Å². The Bertz CT molecular complexity index is 442. The molecular weight excluding hydrogens is 229 g/mol. The van der Waals surface area contributed by atoms with E-state index in [0.29, 0.717) is 18.4 Å². The lowest BCUT2D eigenvalue weighted by atomic mass is 9.95. The Balaban J connectivity index is 1.54. The minimum atomic E-state index is -0.257. The number of rotatable bonds is 3. The van der Waals surface area contributed by atoms with Crippen molar-refractivity contribution < 1.29 is 9.18 Å². The summed E-state index contributed by atoms with van der Waals surface area (Å²) >= 11 is 0. The standard InChI is InChI=1S/C15H18FNO/c16-13-5-2-10(3-6-13)9-15(18)17-14-8-11-1-4-12(14)7-11/h2-3,5-6,11-12,14H,1,4,7-9H2,(H,17,18)/t11-,12-,14-/m1/s1. The van der Waals surface area contributed by atoms with E-state index in [1.807, 2.05) is 0 Å². The van der Waals surface area contributed by atoms with E-state index >= 15 is 0 Å². The van der Waals surface area contributed by atoms with E-state index in [4.69, 9.17) is 0 Å². The van der Waals surface area contributed by atoms with Crippen LogP contribution in [0.5, 0.6) is 0 Å². The van der Waals surface area contributed by atoms with Crippen molar-refractivity contribution in [2.24, 2.45) is 11.8 Å². The summed E-state index contributed by atoms with van der Waals surface area (Å²) in [6.07, 6.45) is 5.41. The minimum Gasteiger partial charge on any atom is -0.353 e. The number of fused-ring (bicyclic) bond motifs is 2. The number of hydrogen-bond acceptors (Lipinski definition) is 1. The summed E-state index contributed by atoms with van der Waals surface area (Å²) in [5, 5.41) is 3.14. The molecule has 0 saturated heterocycles. The first-order chi connectivity index (χ1) is 8.70. The Hall–Kier alpha value is -1.38. The van der Waals surface area contributed by atoms with Gasteiger partial charge < -0.3 is 5.32 Å². The molecule has 3 rings (SSSR count). The molecule has 2 saturated carbocycles. The molecule has 0 heterocycles. The van der Waals surface area contributed by atoms with Crippen molar-refractivity contribution in [3.05, 3.63) is 35.6 Å². The number of halogens is 1. The second kappa shape index (κ2) is 4.71. The van der Waals surface area contributed by atoms with E-state index in [9.17, 15) is 9.18 Å². The maximum Gasteiger partial charge on any atom is 0.224 e. The molecule has 3 heteroatoms. The third-order valence-corrected chi connectivity index (χ3v) is 4.36. The zero-order chi connectivity index (χ0) is 12.5. The monoisotopic (exact) mass is 247 g/mol. The molecule has 2 aliphatic rings. The van der Waals surface area contributed by atoms with Gasteiger partial charge in [-0.25, -0.2) is 4.39 Å². The lowest BCUT2D eigenvalue weighted by Crippen LogP contribution is -2.39. The lowest BCUT2D eigenvalue weighted by Gasteiger charge is -2.22. The van der Waals surface area contributed by atoms with Gasteiger partial charge in [0, 0.05) is 6.04 Å². The van der Waals surface area contributed by atoms with E-state index in [1.54, 1.807) is 12.1 Å². The van der Waals surface area contributed by atoms with Gasteiger partial charge in [0.05, 0.1) is 6.42 Å². The molecule has 1 aromatic rings. The normalized spacial score (nSPS) is 29.5. The van der Waals surface area contributed by atoms with E-state index in [2.05, 4.69) is 5.32 Å². The summed E-state index contributed by atoms with van der Waals surface area (Å²) in [5.74, 6) is 1.35. The summed E-state index contributed by atoms with van der Waals surface area (Å²) in [7, 11) is 0. The van der Waals surface area contributed by atoms with Gasteiger partial charge in [-0.05, 0) is 48.8 Å². The Morgan fingerprint density at radius 3 is 2.61 bits per heavy atom. The number of hydrogen-bond donors (Lipinski definition) is 1. The molecule has 1 amide bonds. The summed E-state index contributed by atoms with van der Waals surface area (Å²) in [5.41, 5.74) is 0.872.